The number of nitrogens with one attached hydrogen (secondary N) is 1. The SMILES string of the molecule is CCCC1CCCN(C(=O)c2ccc(NCC)nn2)CC1. The fourth-order valence-electron chi connectivity index (χ4n) is 2.95. The van der Waals surface area contributed by atoms with E-state index >= 15 is 0 Å². The van der Waals surface area contributed by atoms with Crippen LogP contribution in [0.2, 0.25) is 0 Å². The lowest BCUT2D eigenvalue weighted by Crippen LogP contribution is -2.32. The first-order valence-electron chi connectivity index (χ1n) is 8.11. The lowest BCUT2D eigenvalue weighted by atomic mass is 9.96. The highest BCUT2D eigenvalue weighted by Gasteiger charge is 2.22. The molecule has 2 heterocycles. The van der Waals surface area contributed by atoms with Gasteiger partial charge < -0.3 is 10.2 Å². The number of hydrogen-bond donors (Lipinski definition) is 1. The monoisotopic (exact) mass is 290 g/mol. The summed E-state index contributed by atoms with van der Waals surface area (Å²) in [7, 11) is 0. The van der Waals surface area contributed by atoms with Crippen molar-refractivity contribution in [2.75, 3.05) is 25.0 Å². The van der Waals surface area contributed by atoms with E-state index in [2.05, 4.69) is 22.4 Å². The second-order valence-corrected chi connectivity index (χ2v) is 5.71. The van der Waals surface area contributed by atoms with E-state index in [9.17, 15) is 4.79 Å². The second kappa shape index (κ2) is 7.96. The largest absolute Gasteiger partial charge is 0.369 e. The standard InChI is InChI=1S/C16H26N4O/c1-3-6-13-7-5-11-20(12-10-13)16(21)14-8-9-15(17-4-2)19-18-14/h8-9,13H,3-7,10-12H2,1-2H3,(H,17,19). The molecule has 2 rings (SSSR count). The van der Waals surface area contributed by atoms with Gasteiger partial charge in [0.15, 0.2) is 5.69 Å². The summed E-state index contributed by atoms with van der Waals surface area (Å²) in [6.07, 6.45) is 5.96. The summed E-state index contributed by atoms with van der Waals surface area (Å²) in [4.78, 5) is 14.4. The van der Waals surface area contributed by atoms with Crippen LogP contribution in [0.15, 0.2) is 12.1 Å². The maximum atomic E-state index is 12.5. The topological polar surface area (TPSA) is 58.1 Å². The molecule has 0 aromatic carbocycles. The molecule has 5 nitrogen and oxygen atoms in total. The van der Waals surface area contributed by atoms with Gasteiger partial charge in [-0.05, 0) is 44.2 Å². The summed E-state index contributed by atoms with van der Waals surface area (Å²) in [5.74, 6) is 1.51. The van der Waals surface area contributed by atoms with Gasteiger partial charge in [0.1, 0.15) is 5.82 Å². The van der Waals surface area contributed by atoms with Crippen LogP contribution in [-0.2, 0) is 0 Å². The van der Waals surface area contributed by atoms with Crippen LogP contribution in [-0.4, -0.2) is 40.6 Å². The Morgan fingerprint density at radius 2 is 2.14 bits per heavy atom. The number of likely N-dealkylation sites (tertiary alicyclic amines) is 1. The molecule has 116 valence electrons. The van der Waals surface area contributed by atoms with Gasteiger partial charge in [-0.3, -0.25) is 4.79 Å². The normalized spacial score (nSPS) is 19.1. The molecule has 1 aliphatic rings. The highest BCUT2D eigenvalue weighted by molar-refractivity contribution is 5.92. The van der Waals surface area contributed by atoms with Crippen LogP contribution in [0.25, 0.3) is 0 Å². The van der Waals surface area contributed by atoms with Crippen molar-refractivity contribution in [1.29, 1.82) is 0 Å². The van der Waals surface area contributed by atoms with Gasteiger partial charge in [0.05, 0.1) is 0 Å². The van der Waals surface area contributed by atoms with Crippen LogP contribution < -0.4 is 5.32 Å². The van der Waals surface area contributed by atoms with Crippen molar-refractivity contribution in [3.8, 4) is 0 Å². The van der Waals surface area contributed by atoms with E-state index in [1.165, 1.54) is 19.3 Å². The minimum Gasteiger partial charge on any atom is -0.369 e. The van der Waals surface area contributed by atoms with Crippen LogP contribution in [0.4, 0.5) is 5.82 Å². The molecule has 1 unspecified atom stereocenters. The van der Waals surface area contributed by atoms with Crippen LogP contribution in [0.5, 0.6) is 0 Å². The predicted octanol–water partition coefficient (Wildman–Crippen LogP) is 2.95. The molecule has 0 saturated carbocycles. The fourth-order valence-corrected chi connectivity index (χ4v) is 2.95. The van der Waals surface area contributed by atoms with Crippen molar-refractivity contribution < 1.29 is 4.79 Å². The highest BCUT2D eigenvalue weighted by atomic mass is 16.2. The number of carbonyl (C=O) groups excluding carboxylic acids is 1. The highest BCUT2D eigenvalue weighted by Crippen LogP contribution is 2.22. The third-order valence-electron chi connectivity index (χ3n) is 4.07. The van der Waals surface area contributed by atoms with E-state index in [-0.39, 0.29) is 5.91 Å². The Bertz CT molecular complexity index is 446. The van der Waals surface area contributed by atoms with Gasteiger partial charge in [-0.15, -0.1) is 10.2 Å². The average molecular weight is 290 g/mol. The number of amides is 1. The zero-order valence-corrected chi connectivity index (χ0v) is 13.1. The first kappa shape index (κ1) is 15.7. The van der Waals surface area contributed by atoms with Crippen LogP contribution in [0, 0.1) is 5.92 Å². The Morgan fingerprint density at radius 3 is 2.81 bits per heavy atom. The molecule has 1 aliphatic heterocycles. The molecule has 1 N–H and O–H groups in total. The Labute approximate surface area is 127 Å². The van der Waals surface area contributed by atoms with Gasteiger partial charge in [0.2, 0.25) is 0 Å². The van der Waals surface area contributed by atoms with Gasteiger partial charge in [0.25, 0.3) is 5.91 Å². The van der Waals surface area contributed by atoms with Gasteiger partial charge in [-0.25, -0.2) is 0 Å². The van der Waals surface area contributed by atoms with E-state index in [1.54, 1.807) is 6.07 Å². The Balaban J connectivity index is 1.95. The van der Waals surface area contributed by atoms with Crippen LogP contribution >= 0.6 is 0 Å². The van der Waals surface area contributed by atoms with Gasteiger partial charge >= 0.3 is 0 Å². The molecule has 1 saturated heterocycles. The van der Waals surface area contributed by atoms with Crippen molar-refractivity contribution in [2.24, 2.45) is 5.92 Å². The lowest BCUT2D eigenvalue weighted by Gasteiger charge is -2.20. The summed E-state index contributed by atoms with van der Waals surface area (Å²) in [5.41, 5.74) is 0.450. The van der Waals surface area contributed by atoms with E-state index in [0.717, 1.165) is 38.4 Å². The fraction of sp³-hybridized carbons (Fsp3) is 0.688. The van der Waals surface area contributed by atoms with Crippen molar-refractivity contribution >= 4 is 11.7 Å². The van der Waals surface area contributed by atoms with Gasteiger partial charge in [-0.2, -0.15) is 0 Å². The number of aromatic nitrogens is 2. The maximum absolute atomic E-state index is 12.5. The summed E-state index contributed by atoms with van der Waals surface area (Å²) < 4.78 is 0. The van der Waals surface area contributed by atoms with E-state index < -0.39 is 0 Å². The molecule has 1 amide bonds. The first-order valence-corrected chi connectivity index (χ1v) is 8.11. The third kappa shape index (κ3) is 4.41. The van der Waals surface area contributed by atoms with Crippen molar-refractivity contribution in [2.45, 2.75) is 46.0 Å². The molecule has 21 heavy (non-hydrogen) atoms. The lowest BCUT2D eigenvalue weighted by molar-refractivity contribution is 0.0753. The predicted molar refractivity (Wildman–Crippen MR) is 84.3 cm³/mol. The quantitative estimate of drug-likeness (QED) is 0.906. The molecule has 0 aliphatic carbocycles. The average Bonchev–Trinajstić information content (AvgIpc) is 2.74. The summed E-state index contributed by atoms with van der Waals surface area (Å²) >= 11 is 0. The van der Waals surface area contributed by atoms with Crippen molar-refractivity contribution in [3.63, 3.8) is 0 Å². The molecular weight excluding hydrogens is 264 g/mol. The second-order valence-electron chi connectivity index (χ2n) is 5.71. The Hall–Kier alpha value is -1.65. The zero-order valence-electron chi connectivity index (χ0n) is 13.1. The zero-order chi connectivity index (χ0) is 15.1. The van der Waals surface area contributed by atoms with E-state index in [0.29, 0.717) is 11.5 Å². The molecule has 5 heteroatoms. The number of anilines is 1. The molecule has 1 aromatic rings. The summed E-state index contributed by atoms with van der Waals surface area (Å²) in [6.45, 7) is 6.72. The molecule has 1 atom stereocenters. The molecule has 1 aromatic heterocycles. The van der Waals surface area contributed by atoms with Crippen molar-refractivity contribution in [3.05, 3.63) is 17.8 Å². The van der Waals surface area contributed by atoms with Crippen molar-refractivity contribution in [1.82, 2.24) is 15.1 Å². The van der Waals surface area contributed by atoms with E-state index in [1.807, 2.05) is 17.9 Å². The molecule has 1 fully saturated rings. The summed E-state index contributed by atoms with van der Waals surface area (Å²) in [6, 6.07) is 3.59. The third-order valence-corrected chi connectivity index (χ3v) is 4.07. The smallest absolute Gasteiger partial charge is 0.274 e. The molecule has 0 bridgehead atoms. The molecule has 0 radical (unpaired) electrons. The summed E-state index contributed by atoms with van der Waals surface area (Å²) in [5, 5.41) is 11.2. The Kier molecular flexibility index (Phi) is 5.96. The molecular formula is C16H26N4O. The number of carbonyl (C=O) groups is 1. The van der Waals surface area contributed by atoms with Gasteiger partial charge in [0, 0.05) is 19.6 Å². The maximum Gasteiger partial charge on any atom is 0.274 e. The number of rotatable bonds is 5. The minimum absolute atomic E-state index is 0.0164. The minimum atomic E-state index is 0.0164. The molecule has 0 spiro atoms. The van der Waals surface area contributed by atoms with E-state index in [4.69, 9.17) is 0 Å². The van der Waals surface area contributed by atoms with Crippen LogP contribution in [0.1, 0.15) is 56.4 Å². The number of hydrogen-bond acceptors (Lipinski definition) is 4. The van der Waals surface area contributed by atoms with Gasteiger partial charge in [-0.1, -0.05) is 19.8 Å². The van der Waals surface area contributed by atoms with Crippen LogP contribution in [0.3, 0.4) is 0 Å². The number of nitrogens with zero attached hydrogens (tertiary/aromatic N) is 3. The first-order chi connectivity index (χ1) is 10.2. The Morgan fingerprint density at radius 1 is 1.29 bits per heavy atom.